The summed E-state index contributed by atoms with van der Waals surface area (Å²) in [4.78, 5) is 49.3. The van der Waals surface area contributed by atoms with Crippen LogP contribution < -0.4 is 5.32 Å². The number of allylic oxidation sites excluding steroid dienone is 2. The van der Waals surface area contributed by atoms with Crippen LogP contribution in [0.1, 0.15) is 48.4 Å². The minimum atomic E-state index is -0.736. The highest BCUT2D eigenvalue weighted by Crippen LogP contribution is 2.27. The number of ketones is 3. The number of nitrogens with one attached hydrogen (secondary N) is 1. The quantitative estimate of drug-likeness (QED) is 0.812. The molecule has 1 aliphatic carbocycles. The van der Waals surface area contributed by atoms with Gasteiger partial charge in [-0.3, -0.25) is 19.2 Å². The lowest BCUT2D eigenvalue weighted by Crippen LogP contribution is -2.33. The Morgan fingerprint density at radius 2 is 1.50 bits per heavy atom. The molecule has 130 valence electrons. The second kappa shape index (κ2) is 6.86. The Bertz CT molecular complexity index is 1020. The van der Waals surface area contributed by atoms with Gasteiger partial charge in [-0.2, -0.15) is 0 Å². The van der Waals surface area contributed by atoms with E-state index in [1.54, 1.807) is 12.1 Å². The third-order valence-electron chi connectivity index (χ3n) is 3.91. The van der Waals surface area contributed by atoms with E-state index in [2.05, 4.69) is 5.32 Å². The maximum atomic E-state index is 12.6. The summed E-state index contributed by atoms with van der Waals surface area (Å²) in [6.07, 6.45) is 0. The Labute approximate surface area is 158 Å². The monoisotopic (exact) mass is 387 g/mol. The van der Waals surface area contributed by atoms with Crippen molar-refractivity contribution in [1.82, 2.24) is 5.32 Å². The molecule has 1 N–H and O–H groups in total. The first-order chi connectivity index (χ1) is 12.3. The number of benzene rings is 2. The number of amides is 1. The van der Waals surface area contributed by atoms with E-state index in [4.69, 9.17) is 23.2 Å². The summed E-state index contributed by atoms with van der Waals surface area (Å²) in [5.74, 6) is -2.23. The molecular weight excluding hydrogens is 377 g/mol. The summed E-state index contributed by atoms with van der Waals surface area (Å²) >= 11 is 11.9. The summed E-state index contributed by atoms with van der Waals surface area (Å²) in [5.41, 5.74) is 0.140. The van der Waals surface area contributed by atoms with E-state index < -0.39 is 17.5 Å². The van der Waals surface area contributed by atoms with E-state index >= 15 is 0 Å². The largest absolute Gasteiger partial charge is 0.317 e. The molecule has 2 aromatic rings. The van der Waals surface area contributed by atoms with Gasteiger partial charge in [-0.15, -0.1) is 0 Å². The molecule has 0 saturated carbocycles. The second-order valence-corrected chi connectivity index (χ2v) is 6.41. The molecule has 0 radical (unpaired) electrons. The van der Waals surface area contributed by atoms with Crippen LogP contribution in [0.25, 0.3) is 0 Å². The molecule has 3 rings (SSSR count). The number of carbonyl (C=O) groups excluding carboxylic acids is 4. The fourth-order valence-corrected chi connectivity index (χ4v) is 3.05. The smallest absolute Gasteiger partial charge is 0.256 e. The predicted molar refractivity (Wildman–Crippen MR) is 96.9 cm³/mol. The van der Waals surface area contributed by atoms with E-state index in [-0.39, 0.29) is 38.8 Å². The van der Waals surface area contributed by atoms with Gasteiger partial charge >= 0.3 is 0 Å². The molecule has 7 heteroatoms. The van der Waals surface area contributed by atoms with Gasteiger partial charge in [0, 0.05) is 21.7 Å². The van der Waals surface area contributed by atoms with Crippen molar-refractivity contribution >= 4 is 46.5 Å². The lowest BCUT2D eigenvalue weighted by atomic mass is 9.92. The number of halogens is 2. The summed E-state index contributed by atoms with van der Waals surface area (Å²) in [6.45, 7) is 1.29. The van der Waals surface area contributed by atoms with Crippen molar-refractivity contribution in [2.45, 2.75) is 6.92 Å². The van der Waals surface area contributed by atoms with Crippen LogP contribution in [-0.2, 0) is 0 Å². The zero-order chi connectivity index (χ0) is 19.0. The lowest BCUT2D eigenvalue weighted by Gasteiger charge is -2.18. The molecule has 0 heterocycles. The van der Waals surface area contributed by atoms with Gasteiger partial charge in [0.15, 0.2) is 5.78 Å². The van der Waals surface area contributed by atoms with Crippen molar-refractivity contribution in [2.24, 2.45) is 0 Å². The molecule has 0 spiro atoms. The fourth-order valence-electron chi connectivity index (χ4n) is 2.64. The standard InChI is InChI=1S/C19H11Cl2NO4/c1-9(23)14-8-10(20)6-7-13(14)19(26)22-16-15(21)17(24)11-4-2-3-5-12(11)18(16)25/h2-8H,1H3,(H,22,26). The molecule has 2 aromatic carbocycles. The van der Waals surface area contributed by atoms with E-state index in [1.807, 2.05) is 0 Å². The molecule has 1 amide bonds. The summed E-state index contributed by atoms with van der Waals surface area (Å²) in [6, 6.07) is 10.4. The lowest BCUT2D eigenvalue weighted by molar-refractivity contribution is 0.0917. The first-order valence-corrected chi connectivity index (χ1v) is 8.27. The minimum Gasteiger partial charge on any atom is -0.317 e. The topological polar surface area (TPSA) is 80.3 Å². The third-order valence-corrected chi connectivity index (χ3v) is 4.50. The molecule has 0 saturated heterocycles. The molecule has 0 bridgehead atoms. The van der Waals surface area contributed by atoms with Crippen LogP contribution in [0, 0.1) is 0 Å². The SMILES string of the molecule is CC(=O)c1cc(Cl)ccc1C(=O)NC1=C(Cl)C(=O)c2ccccc2C1=O. The van der Waals surface area contributed by atoms with Gasteiger partial charge in [0.05, 0.1) is 5.56 Å². The molecule has 0 aliphatic heterocycles. The second-order valence-electron chi connectivity index (χ2n) is 5.59. The van der Waals surface area contributed by atoms with Gasteiger partial charge in [0.1, 0.15) is 10.7 Å². The molecule has 1 aliphatic rings. The molecule has 26 heavy (non-hydrogen) atoms. The summed E-state index contributed by atoms with van der Waals surface area (Å²) in [7, 11) is 0. The highest BCUT2D eigenvalue weighted by atomic mass is 35.5. The fraction of sp³-hybridized carbons (Fsp3) is 0.0526. The van der Waals surface area contributed by atoms with Crippen molar-refractivity contribution in [3.05, 3.63) is 80.5 Å². The van der Waals surface area contributed by atoms with Crippen molar-refractivity contribution in [3.8, 4) is 0 Å². The van der Waals surface area contributed by atoms with E-state index in [0.717, 1.165) is 0 Å². The summed E-state index contributed by atoms with van der Waals surface area (Å²) < 4.78 is 0. The highest BCUT2D eigenvalue weighted by molar-refractivity contribution is 6.50. The number of carbonyl (C=O) groups is 4. The maximum Gasteiger partial charge on any atom is 0.256 e. The van der Waals surface area contributed by atoms with Gasteiger partial charge in [-0.25, -0.2) is 0 Å². The van der Waals surface area contributed by atoms with E-state index in [1.165, 1.54) is 37.3 Å². The molecule has 0 unspecified atom stereocenters. The Morgan fingerprint density at radius 1 is 0.885 bits per heavy atom. The molecular formula is C19H11Cl2NO4. The Kier molecular flexibility index (Phi) is 4.76. The normalized spacial score (nSPS) is 13.5. The van der Waals surface area contributed by atoms with Crippen molar-refractivity contribution < 1.29 is 19.2 Å². The van der Waals surface area contributed by atoms with Crippen LogP contribution in [0.3, 0.4) is 0 Å². The van der Waals surface area contributed by atoms with Crippen molar-refractivity contribution in [3.63, 3.8) is 0 Å². The zero-order valence-corrected chi connectivity index (χ0v) is 14.9. The van der Waals surface area contributed by atoms with Crippen molar-refractivity contribution in [1.29, 1.82) is 0 Å². The van der Waals surface area contributed by atoms with Gasteiger partial charge in [-0.1, -0.05) is 47.5 Å². The van der Waals surface area contributed by atoms with Crippen molar-refractivity contribution in [2.75, 3.05) is 0 Å². The van der Waals surface area contributed by atoms with Crippen LogP contribution in [0.4, 0.5) is 0 Å². The summed E-state index contributed by atoms with van der Waals surface area (Å²) in [5, 5.41) is 2.28. The van der Waals surface area contributed by atoms with Crippen LogP contribution >= 0.6 is 23.2 Å². The first kappa shape index (κ1) is 18.0. The van der Waals surface area contributed by atoms with Gasteiger partial charge in [0.2, 0.25) is 11.6 Å². The Balaban J connectivity index is 2.01. The van der Waals surface area contributed by atoms with Gasteiger partial charge < -0.3 is 5.32 Å². The van der Waals surface area contributed by atoms with Crippen LogP contribution in [0.15, 0.2) is 53.2 Å². The molecule has 0 atom stereocenters. The average molecular weight is 388 g/mol. The maximum absolute atomic E-state index is 12.6. The number of Topliss-reactive ketones (excluding diaryl/α,β-unsaturated/α-hetero) is 3. The number of hydrogen-bond donors (Lipinski definition) is 1. The molecule has 5 nitrogen and oxygen atoms in total. The Morgan fingerprint density at radius 3 is 2.12 bits per heavy atom. The highest BCUT2D eigenvalue weighted by Gasteiger charge is 2.32. The predicted octanol–water partition coefficient (Wildman–Crippen LogP) is 3.80. The van der Waals surface area contributed by atoms with Crippen LogP contribution in [-0.4, -0.2) is 23.3 Å². The molecule has 0 fully saturated rings. The van der Waals surface area contributed by atoms with Crippen LogP contribution in [0.2, 0.25) is 5.02 Å². The zero-order valence-electron chi connectivity index (χ0n) is 13.4. The third kappa shape index (κ3) is 3.07. The number of fused-ring (bicyclic) bond motifs is 1. The minimum absolute atomic E-state index is 0.0259. The van der Waals surface area contributed by atoms with Gasteiger partial charge in [0.25, 0.3) is 5.91 Å². The Hall–Kier alpha value is -2.76. The van der Waals surface area contributed by atoms with E-state index in [9.17, 15) is 19.2 Å². The van der Waals surface area contributed by atoms with Gasteiger partial charge in [-0.05, 0) is 25.1 Å². The molecule has 0 aromatic heterocycles. The first-order valence-electron chi connectivity index (χ1n) is 7.51. The number of rotatable bonds is 3. The van der Waals surface area contributed by atoms with Crippen LogP contribution in [0.5, 0.6) is 0 Å². The van der Waals surface area contributed by atoms with E-state index in [0.29, 0.717) is 5.02 Å². The number of hydrogen-bond acceptors (Lipinski definition) is 4. The average Bonchev–Trinajstić information content (AvgIpc) is 2.63.